The first-order valence-corrected chi connectivity index (χ1v) is 9.13. The molecule has 1 amide bonds. The van der Waals surface area contributed by atoms with E-state index in [0.29, 0.717) is 19.0 Å². The number of aromatic nitrogens is 2. The summed E-state index contributed by atoms with van der Waals surface area (Å²) in [6.45, 7) is 7.41. The van der Waals surface area contributed by atoms with E-state index in [1.54, 1.807) is 6.20 Å². The van der Waals surface area contributed by atoms with Gasteiger partial charge in [0.15, 0.2) is 0 Å². The number of carbonyl (C=O) groups is 1. The monoisotopic (exact) mass is 339 g/mol. The summed E-state index contributed by atoms with van der Waals surface area (Å²) in [6.07, 6.45) is 4.17. The van der Waals surface area contributed by atoms with Crippen molar-refractivity contribution < 1.29 is 9.53 Å². The van der Waals surface area contributed by atoms with E-state index in [9.17, 15) is 4.79 Å². The molecule has 4 rings (SSSR count). The third-order valence-electron chi connectivity index (χ3n) is 5.05. The van der Waals surface area contributed by atoms with Crippen molar-refractivity contribution in [1.82, 2.24) is 14.7 Å². The highest BCUT2D eigenvalue weighted by atomic mass is 16.5. The van der Waals surface area contributed by atoms with E-state index in [1.807, 2.05) is 35.6 Å². The second-order valence-corrected chi connectivity index (χ2v) is 7.38. The quantitative estimate of drug-likeness (QED) is 0.862. The first kappa shape index (κ1) is 16.3. The Balaban J connectivity index is 1.71. The zero-order chi connectivity index (χ0) is 17.6. The van der Waals surface area contributed by atoms with E-state index in [4.69, 9.17) is 4.74 Å². The molecule has 25 heavy (non-hydrogen) atoms. The standard InChI is InChI=1S/C20H25N3O2/c1-13-6-4-5-7-18(13)23-19(16-8-9-16)17(10-21-23)20(24)22-11-14(2)25-15(3)12-22/h4-7,10,14-16H,8-9,11-12H2,1-3H3/t14-,15-/m1/s1. The normalized spacial score (nSPS) is 23.7. The van der Waals surface area contributed by atoms with Gasteiger partial charge < -0.3 is 9.64 Å². The van der Waals surface area contributed by atoms with Crippen molar-refractivity contribution in [3.8, 4) is 5.69 Å². The van der Waals surface area contributed by atoms with Crippen molar-refractivity contribution in [1.29, 1.82) is 0 Å². The molecule has 0 N–H and O–H groups in total. The number of morpholine rings is 1. The Kier molecular flexibility index (Phi) is 4.12. The molecule has 1 aliphatic carbocycles. The zero-order valence-electron chi connectivity index (χ0n) is 15.1. The number of aryl methyl sites for hydroxylation is 1. The molecular weight excluding hydrogens is 314 g/mol. The number of carbonyl (C=O) groups excluding carboxylic acids is 1. The first-order valence-electron chi connectivity index (χ1n) is 9.13. The van der Waals surface area contributed by atoms with Crippen LogP contribution in [0.25, 0.3) is 5.69 Å². The van der Waals surface area contributed by atoms with Crippen LogP contribution in [-0.2, 0) is 4.74 Å². The number of hydrogen-bond donors (Lipinski definition) is 0. The fourth-order valence-electron chi connectivity index (χ4n) is 3.78. The van der Waals surface area contributed by atoms with Gasteiger partial charge in [0.25, 0.3) is 5.91 Å². The third-order valence-corrected chi connectivity index (χ3v) is 5.05. The lowest BCUT2D eigenvalue weighted by Crippen LogP contribution is -2.48. The Morgan fingerprint density at radius 1 is 1.16 bits per heavy atom. The van der Waals surface area contributed by atoms with E-state index in [-0.39, 0.29) is 18.1 Å². The van der Waals surface area contributed by atoms with Gasteiger partial charge in [-0.15, -0.1) is 0 Å². The summed E-state index contributed by atoms with van der Waals surface area (Å²) in [6, 6.07) is 8.21. The molecule has 0 radical (unpaired) electrons. The summed E-state index contributed by atoms with van der Waals surface area (Å²) in [7, 11) is 0. The van der Waals surface area contributed by atoms with Crippen LogP contribution in [0.2, 0.25) is 0 Å². The largest absolute Gasteiger partial charge is 0.372 e. The molecule has 2 heterocycles. The van der Waals surface area contributed by atoms with Gasteiger partial charge in [0, 0.05) is 19.0 Å². The van der Waals surface area contributed by atoms with Crippen LogP contribution in [0.3, 0.4) is 0 Å². The summed E-state index contributed by atoms with van der Waals surface area (Å²) in [5.74, 6) is 0.528. The van der Waals surface area contributed by atoms with Gasteiger partial charge in [-0.25, -0.2) is 4.68 Å². The Morgan fingerprint density at radius 3 is 2.48 bits per heavy atom. The Hall–Kier alpha value is -2.14. The van der Waals surface area contributed by atoms with Crippen molar-refractivity contribution in [3.63, 3.8) is 0 Å². The lowest BCUT2D eigenvalue weighted by atomic mass is 10.1. The van der Waals surface area contributed by atoms with Crippen LogP contribution in [-0.4, -0.2) is 45.9 Å². The topological polar surface area (TPSA) is 47.4 Å². The van der Waals surface area contributed by atoms with E-state index in [2.05, 4.69) is 24.2 Å². The van der Waals surface area contributed by atoms with E-state index in [0.717, 1.165) is 29.8 Å². The lowest BCUT2D eigenvalue weighted by Gasteiger charge is -2.35. The maximum Gasteiger partial charge on any atom is 0.257 e. The Labute approximate surface area is 148 Å². The number of amides is 1. The Bertz CT molecular complexity index is 784. The third kappa shape index (κ3) is 3.09. The van der Waals surface area contributed by atoms with Crippen LogP contribution in [0.1, 0.15) is 54.2 Å². The first-order chi connectivity index (χ1) is 12.0. The van der Waals surface area contributed by atoms with Gasteiger partial charge >= 0.3 is 0 Å². The van der Waals surface area contributed by atoms with Gasteiger partial charge in [0.1, 0.15) is 0 Å². The highest BCUT2D eigenvalue weighted by Gasteiger charge is 2.36. The highest BCUT2D eigenvalue weighted by molar-refractivity contribution is 5.95. The molecule has 5 nitrogen and oxygen atoms in total. The highest BCUT2D eigenvalue weighted by Crippen LogP contribution is 2.43. The second-order valence-electron chi connectivity index (χ2n) is 7.38. The van der Waals surface area contributed by atoms with Crippen LogP contribution in [0.4, 0.5) is 0 Å². The molecule has 1 aromatic heterocycles. The fourth-order valence-corrected chi connectivity index (χ4v) is 3.78. The van der Waals surface area contributed by atoms with Gasteiger partial charge in [-0.1, -0.05) is 18.2 Å². The minimum Gasteiger partial charge on any atom is -0.372 e. The number of benzene rings is 1. The molecule has 0 spiro atoms. The van der Waals surface area contributed by atoms with Gasteiger partial charge in [-0.2, -0.15) is 5.10 Å². The van der Waals surface area contributed by atoms with Crippen LogP contribution in [0.15, 0.2) is 30.5 Å². The van der Waals surface area contributed by atoms with Gasteiger partial charge in [-0.05, 0) is 45.2 Å². The predicted octanol–water partition coefficient (Wildman–Crippen LogP) is 3.31. The van der Waals surface area contributed by atoms with Crippen LogP contribution in [0, 0.1) is 6.92 Å². The molecular formula is C20H25N3O2. The summed E-state index contributed by atoms with van der Waals surface area (Å²) in [5.41, 5.74) is 4.06. The molecule has 2 fully saturated rings. The van der Waals surface area contributed by atoms with Gasteiger partial charge in [0.05, 0.1) is 35.3 Å². The molecule has 132 valence electrons. The molecule has 1 aliphatic heterocycles. The zero-order valence-corrected chi connectivity index (χ0v) is 15.1. The maximum absolute atomic E-state index is 13.2. The smallest absolute Gasteiger partial charge is 0.257 e. The summed E-state index contributed by atoms with van der Waals surface area (Å²) in [5, 5.41) is 4.60. The second kappa shape index (κ2) is 6.30. The van der Waals surface area contributed by atoms with Crippen molar-refractivity contribution in [2.24, 2.45) is 0 Å². The number of para-hydroxylation sites is 1. The van der Waals surface area contributed by atoms with Gasteiger partial charge in [0.2, 0.25) is 0 Å². The average Bonchev–Trinajstić information content (AvgIpc) is 3.32. The minimum atomic E-state index is 0.0727. The number of nitrogens with zero attached hydrogens (tertiary/aromatic N) is 3. The maximum atomic E-state index is 13.2. The Morgan fingerprint density at radius 2 is 1.84 bits per heavy atom. The lowest BCUT2D eigenvalue weighted by molar-refractivity contribution is -0.0586. The van der Waals surface area contributed by atoms with E-state index < -0.39 is 0 Å². The molecule has 1 saturated carbocycles. The minimum absolute atomic E-state index is 0.0727. The van der Waals surface area contributed by atoms with Crippen LogP contribution >= 0.6 is 0 Å². The fraction of sp³-hybridized carbons (Fsp3) is 0.500. The van der Waals surface area contributed by atoms with E-state index in [1.165, 1.54) is 5.56 Å². The van der Waals surface area contributed by atoms with Crippen molar-refractivity contribution in [2.75, 3.05) is 13.1 Å². The number of hydrogen-bond acceptors (Lipinski definition) is 3. The molecule has 1 aromatic carbocycles. The molecule has 0 bridgehead atoms. The summed E-state index contributed by atoms with van der Waals surface area (Å²) < 4.78 is 7.75. The summed E-state index contributed by atoms with van der Waals surface area (Å²) >= 11 is 0. The SMILES string of the molecule is Cc1ccccc1-n1ncc(C(=O)N2C[C@@H](C)O[C@H](C)C2)c1C1CC1. The summed E-state index contributed by atoms with van der Waals surface area (Å²) in [4.78, 5) is 15.1. The molecule has 1 saturated heterocycles. The number of rotatable bonds is 3. The van der Waals surface area contributed by atoms with Crippen LogP contribution in [0.5, 0.6) is 0 Å². The molecule has 5 heteroatoms. The van der Waals surface area contributed by atoms with Crippen molar-refractivity contribution >= 4 is 5.91 Å². The molecule has 2 atom stereocenters. The van der Waals surface area contributed by atoms with Crippen LogP contribution < -0.4 is 0 Å². The molecule has 0 unspecified atom stereocenters. The van der Waals surface area contributed by atoms with Crippen molar-refractivity contribution in [3.05, 3.63) is 47.3 Å². The molecule has 2 aliphatic rings. The molecule has 2 aromatic rings. The van der Waals surface area contributed by atoms with Crippen molar-refractivity contribution in [2.45, 2.75) is 51.7 Å². The van der Waals surface area contributed by atoms with Gasteiger partial charge in [-0.3, -0.25) is 4.79 Å². The number of ether oxygens (including phenoxy) is 1. The predicted molar refractivity (Wildman–Crippen MR) is 96.2 cm³/mol. The van der Waals surface area contributed by atoms with E-state index >= 15 is 0 Å². The average molecular weight is 339 g/mol.